The number of hydrogen-bond acceptors (Lipinski definition) is 1. The zero-order valence-electron chi connectivity index (χ0n) is 12.8. The summed E-state index contributed by atoms with van der Waals surface area (Å²) in [7, 11) is 0. The van der Waals surface area contributed by atoms with Crippen LogP contribution in [-0.2, 0) is 0 Å². The van der Waals surface area contributed by atoms with E-state index in [9.17, 15) is 8.78 Å². The first kappa shape index (κ1) is 16.9. The van der Waals surface area contributed by atoms with Crippen molar-refractivity contribution in [1.82, 2.24) is 5.32 Å². The maximum absolute atomic E-state index is 14.6. The molecule has 1 nitrogen and oxygen atoms in total. The van der Waals surface area contributed by atoms with Crippen molar-refractivity contribution in [1.29, 1.82) is 0 Å². The van der Waals surface area contributed by atoms with Gasteiger partial charge in [0.2, 0.25) is 0 Å². The van der Waals surface area contributed by atoms with Crippen molar-refractivity contribution >= 4 is 15.9 Å². The lowest BCUT2D eigenvalue weighted by Gasteiger charge is -2.38. The molecule has 1 atom stereocenters. The van der Waals surface area contributed by atoms with E-state index < -0.39 is 11.6 Å². The minimum absolute atomic E-state index is 0.0301. The van der Waals surface area contributed by atoms with Gasteiger partial charge in [-0.3, -0.25) is 0 Å². The molecule has 2 rings (SSSR count). The molecule has 0 aliphatic heterocycles. The van der Waals surface area contributed by atoms with E-state index >= 15 is 0 Å². The normalized spacial score (nSPS) is 18.9. The highest BCUT2D eigenvalue weighted by atomic mass is 79.9. The van der Waals surface area contributed by atoms with E-state index in [1.165, 1.54) is 12.1 Å². The number of benzene rings is 1. The lowest BCUT2D eigenvalue weighted by molar-refractivity contribution is 0.179. The summed E-state index contributed by atoms with van der Waals surface area (Å²) in [5.41, 5.74) is 0.180. The molecule has 1 fully saturated rings. The van der Waals surface area contributed by atoms with Crippen molar-refractivity contribution in [3.8, 4) is 0 Å². The fraction of sp³-hybridized carbons (Fsp3) is 0.647. The van der Waals surface area contributed by atoms with Crippen molar-refractivity contribution in [2.24, 2.45) is 5.41 Å². The minimum Gasteiger partial charge on any atom is -0.309 e. The highest BCUT2D eigenvalue weighted by Gasteiger charge is 2.42. The smallest absolute Gasteiger partial charge is 0.145 e. The predicted molar refractivity (Wildman–Crippen MR) is 86.3 cm³/mol. The van der Waals surface area contributed by atoms with Gasteiger partial charge in [-0.25, -0.2) is 8.78 Å². The van der Waals surface area contributed by atoms with Crippen LogP contribution in [0.15, 0.2) is 16.6 Å². The first-order chi connectivity index (χ1) is 10.1. The standard InChI is InChI=1S/C17H24BrF2N/c1-3-11-21-16(17(4-2)9-5-6-10-17)14-13(19)8-7-12(18)15(14)20/h7-8,16,21H,3-6,9-11H2,1-2H3. The van der Waals surface area contributed by atoms with Gasteiger partial charge >= 0.3 is 0 Å². The van der Waals surface area contributed by atoms with Crippen LogP contribution in [0.5, 0.6) is 0 Å². The van der Waals surface area contributed by atoms with E-state index in [1.54, 1.807) is 0 Å². The molecule has 1 aromatic carbocycles. The fourth-order valence-electron chi connectivity index (χ4n) is 3.65. The van der Waals surface area contributed by atoms with Gasteiger partial charge in [0.05, 0.1) is 4.47 Å². The van der Waals surface area contributed by atoms with Gasteiger partial charge in [-0.1, -0.05) is 26.7 Å². The number of hydrogen-bond donors (Lipinski definition) is 1. The van der Waals surface area contributed by atoms with Crippen molar-refractivity contribution in [3.63, 3.8) is 0 Å². The molecule has 1 aromatic rings. The van der Waals surface area contributed by atoms with E-state index in [0.29, 0.717) is 4.47 Å². The Balaban J connectivity index is 2.47. The number of rotatable bonds is 6. The minimum atomic E-state index is -0.455. The van der Waals surface area contributed by atoms with Crippen molar-refractivity contribution in [2.75, 3.05) is 6.54 Å². The van der Waals surface area contributed by atoms with Crippen LogP contribution < -0.4 is 5.32 Å². The molecular formula is C17H24BrF2N. The van der Waals surface area contributed by atoms with Gasteiger partial charge in [-0.15, -0.1) is 0 Å². The van der Waals surface area contributed by atoms with Crippen LogP contribution in [-0.4, -0.2) is 6.54 Å². The average molecular weight is 360 g/mol. The van der Waals surface area contributed by atoms with Gasteiger partial charge in [0.15, 0.2) is 0 Å². The van der Waals surface area contributed by atoms with E-state index in [0.717, 1.165) is 45.1 Å². The number of nitrogens with one attached hydrogen (secondary N) is 1. The lowest BCUT2D eigenvalue weighted by atomic mass is 9.73. The van der Waals surface area contributed by atoms with E-state index in [-0.39, 0.29) is 17.0 Å². The quantitative estimate of drug-likeness (QED) is 0.638. The van der Waals surface area contributed by atoms with Crippen LogP contribution in [0, 0.1) is 17.0 Å². The molecule has 0 radical (unpaired) electrons. The molecule has 1 aliphatic rings. The lowest BCUT2D eigenvalue weighted by Crippen LogP contribution is -2.38. The highest BCUT2D eigenvalue weighted by Crippen LogP contribution is 2.51. The molecule has 0 aromatic heterocycles. The molecule has 0 heterocycles. The van der Waals surface area contributed by atoms with E-state index in [2.05, 4.69) is 35.1 Å². The second kappa shape index (κ2) is 7.19. The predicted octanol–water partition coefficient (Wildman–Crippen LogP) is 5.74. The van der Waals surface area contributed by atoms with Gasteiger partial charge in [0.1, 0.15) is 11.6 Å². The van der Waals surface area contributed by atoms with Gasteiger partial charge in [0.25, 0.3) is 0 Å². The molecule has 118 valence electrons. The van der Waals surface area contributed by atoms with Crippen LogP contribution in [0.2, 0.25) is 0 Å². The summed E-state index contributed by atoms with van der Waals surface area (Å²) in [4.78, 5) is 0. The average Bonchev–Trinajstić information content (AvgIpc) is 2.96. The molecule has 0 bridgehead atoms. The molecule has 0 amide bonds. The maximum Gasteiger partial charge on any atom is 0.145 e. The molecule has 1 N–H and O–H groups in total. The summed E-state index contributed by atoms with van der Waals surface area (Å²) < 4.78 is 29.3. The highest BCUT2D eigenvalue weighted by molar-refractivity contribution is 9.10. The maximum atomic E-state index is 14.6. The molecule has 1 unspecified atom stereocenters. The summed E-state index contributed by atoms with van der Waals surface area (Å²) >= 11 is 3.20. The van der Waals surface area contributed by atoms with Gasteiger partial charge in [0, 0.05) is 11.6 Å². The molecule has 21 heavy (non-hydrogen) atoms. The van der Waals surface area contributed by atoms with Crippen LogP contribution in [0.3, 0.4) is 0 Å². The van der Waals surface area contributed by atoms with Crippen molar-refractivity contribution in [2.45, 2.75) is 58.4 Å². The summed E-state index contributed by atoms with van der Waals surface area (Å²) in [6, 6.07) is 2.56. The van der Waals surface area contributed by atoms with Gasteiger partial charge in [-0.05, 0) is 65.7 Å². The Bertz CT molecular complexity index is 484. The third-order valence-corrected chi connectivity index (χ3v) is 5.49. The second-order valence-corrected chi connectivity index (χ2v) is 6.92. The molecule has 0 saturated heterocycles. The summed E-state index contributed by atoms with van der Waals surface area (Å²) in [6.45, 7) is 4.99. The third kappa shape index (κ3) is 3.31. The zero-order chi connectivity index (χ0) is 15.5. The van der Waals surface area contributed by atoms with Crippen molar-refractivity contribution < 1.29 is 8.78 Å². The topological polar surface area (TPSA) is 12.0 Å². The third-order valence-electron chi connectivity index (χ3n) is 4.88. The Labute approximate surface area is 134 Å². The van der Waals surface area contributed by atoms with E-state index in [4.69, 9.17) is 0 Å². The van der Waals surface area contributed by atoms with E-state index in [1.807, 2.05) is 0 Å². The second-order valence-electron chi connectivity index (χ2n) is 6.07. The molecule has 1 aliphatic carbocycles. The van der Waals surface area contributed by atoms with Gasteiger partial charge < -0.3 is 5.32 Å². The zero-order valence-corrected chi connectivity index (χ0v) is 14.4. The first-order valence-corrected chi connectivity index (χ1v) is 8.72. The van der Waals surface area contributed by atoms with Crippen LogP contribution >= 0.6 is 15.9 Å². The Morgan fingerprint density at radius 2 is 1.90 bits per heavy atom. The van der Waals surface area contributed by atoms with Crippen LogP contribution in [0.1, 0.15) is 64.0 Å². The fourth-order valence-corrected chi connectivity index (χ4v) is 3.99. The Kier molecular flexibility index (Phi) is 5.78. The van der Waals surface area contributed by atoms with Crippen LogP contribution in [0.4, 0.5) is 8.78 Å². The van der Waals surface area contributed by atoms with Crippen molar-refractivity contribution in [3.05, 3.63) is 33.8 Å². The monoisotopic (exact) mass is 359 g/mol. The SMILES string of the molecule is CCCNC(c1c(F)ccc(Br)c1F)C1(CC)CCCC1. The largest absolute Gasteiger partial charge is 0.309 e. The first-order valence-electron chi connectivity index (χ1n) is 7.92. The van der Waals surface area contributed by atoms with Crippen LogP contribution in [0.25, 0.3) is 0 Å². The molecular weight excluding hydrogens is 336 g/mol. The van der Waals surface area contributed by atoms with Gasteiger partial charge in [-0.2, -0.15) is 0 Å². The molecule has 0 spiro atoms. The Morgan fingerprint density at radius 3 is 2.48 bits per heavy atom. The number of halogens is 3. The Hall–Kier alpha value is -0.480. The molecule has 4 heteroatoms. The summed E-state index contributed by atoms with van der Waals surface area (Å²) in [5, 5.41) is 3.43. The molecule has 1 saturated carbocycles. The summed E-state index contributed by atoms with van der Waals surface area (Å²) in [6.07, 6.45) is 6.27. The Morgan fingerprint density at radius 1 is 1.24 bits per heavy atom. The summed E-state index contributed by atoms with van der Waals surface area (Å²) in [5.74, 6) is -0.896.